The Morgan fingerprint density at radius 3 is 2.53 bits per heavy atom. The fourth-order valence-corrected chi connectivity index (χ4v) is 2.27. The molecule has 1 unspecified atom stereocenters. The zero-order valence-electron chi connectivity index (χ0n) is 12.1. The Balaban J connectivity index is 2.73. The van der Waals surface area contributed by atoms with E-state index in [0.29, 0.717) is 11.6 Å². The predicted molar refractivity (Wildman–Crippen MR) is 79.7 cm³/mol. The minimum absolute atomic E-state index is 0.186. The van der Waals surface area contributed by atoms with E-state index in [4.69, 9.17) is 0 Å². The SMILES string of the molecule is CCCCC(CCC)Nc1ccc([N+](=O)[O-])c(C)c1. The number of nitro benzene ring substituents is 1. The first-order valence-electron chi connectivity index (χ1n) is 7.10. The third kappa shape index (κ3) is 4.89. The Hall–Kier alpha value is -1.58. The van der Waals surface area contributed by atoms with Gasteiger partial charge in [0, 0.05) is 23.4 Å². The van der Waals surface area contributed by atoms with Crippen LogP contribution in [0.5, 0.6) is 0 Å². The van der Waals surface area contributed by atoms with Crippen LogP contribution in [0.25, 0.3) is 0 Å². The number of anilines is 1. The van der Waals surface area contributed by atoms with Crippen LogP contribution in [0.3, 0.4) is 0 Å². The van der Waals surface area contributed by atoms with Gasteiger partial charge in [-0.3, -0.25) is 10.1 Å². The lowest BCUT2D eigenvalue weighted by Crippen LogP contribution is -2.19. The maximum atomic E-state index is 10.8. The van der Waals surface area contributed by atoms with Crippen LogP contribution in [0, 0.1) is 17.0 Å². The molecule has 0 amide bonds. The monoisotopic (exact) mass is 264 g/mol. The largest absolute Gasteiger partial charge is 0.382 e. The molecule has 0 saturated carbocycles. The Morgan fingerprint density at radius 1 is 1.26 bits per heavy atom. The Bertz CT molecular complexity index is 419. The first kappa shape index (κ1) is 15.5. The topological polar surface area (TPSA) is 55.2 Å². The molecule has 1 aromatic rings. The number of nitrogens with one attached hydrogen (secondary N) is 1. The molecule has 0 aliphatic rings. The van der Waals surface area contributed by atoms with Crippen molar-refractivity contribution in [2.75, 3.05) is 5.32 Å². The third-order valence-electron chi connectivity index (χ3n) is 3.31. The minimum Gasteiger partial charge on any atom is -0.382 e. The van der Waals surface area contributed by atoms with Gasteiger partial charge in [-0.2, -0.15) is 0 Å². The van der Waals surface area contributed by atoms with E-state index in [0.717, 1.165) is 24.9 Å². The summed E-state index contributed by atoms with van der Waals surface area (Å²) in [4.78, 5) is 10.5. The van der Waals surface area contributed by atoms with Crippen molar-refractivity contribution in [3.8, 4) is 0 Å². The lowest BCUT2D eigenvalue weighted by atomic mass is 10.0. The normalized spacial score (nSPS) is 12.2. The maximum absolute atomic E-state index is 10.8. The van der Waals surface area contributed by atoms with Crippen LogP contribution in [0.1, 0.15) is 51.5 Å². The minimum atomic E-state index is -0.334. The number of nitrogens with zero attached hydrogens (tertiary/aromatic N) is 1. The Kier molecular flexibility index (Phi) is 6.33. The second-order valence-electron chi connectivity index (χ2n) is 5.03. The molecule has 0 aromatic heterocycles. The fraction of sp³-hybridized carbons (Fsp3) is 0.600. The highest BCUT2D eigenvalue weighted by Gasteiger charge is 2.12. The smallest absolute Gasteiger partial charge is 0.272 e. The van der Waals surface area contributed by atoms with Crippen LogP contribution in [-0.2, 0) is 0 Å². The molecule has 4 heteroatoms. The number of rotatable bonds is 8. The second kappa shape index (κ2) is 7.77. The van der Waals surface area contributed by atoms with Crippen LogP contribution in [0.4, 0.5) is 11.4 Å². The average molecular weight is 264 g/mol. The van der Waals surface area contributed by atoms with E-state index >= 15 is 0 Å². The van der Waals surface area contributed by atoms with E-state index in [1.807, 2.05) is 6.07 Å². The van der Waals surface area contributed by atoms with E-state index in [1.165, 1.54) is 12.8 Å². The quantitative estimate of drug-likeness (QED) is 0.548. The van der Waals surface area contributed by atoms with E-state index in [9.17, 15) is 10.1 Å². The molecule has 4 nitrogen and oxygen atoms in total. The number of hydrogen-bond acceptors (Lipinski definition) is 3. The number of nitro groups is 1. The van der Waals surface area contributed by atoms with Crippen molar-refractivity contribution in [1.82, 2.24) is 0 Å². The lowest BCUT2D eigenvalue weighted by Gasteiger charge is -2.19. The average Bonchev–Trinajstić information content (AvgIpc) is 2.36. The van der Waals surface area contributed by atoms with Gasteiger partial charge >= 0.3 is 0 Å². The summed E-state index contributed by atoms with van der Waals surface area (Å²) in [6, 6.07) is 5.72. The molecular formula is C15H24N2O2. The standard InChI is InChI=1S/C15H24N2O2/c1-4-6-8-13(7-5-2)16-14-9-10-15(17(18)19)12(3)11-14/h9-11,13,16H,4-8H2,1-3H3. The van der Waals surface area contributed by atoms with E-state index in [2.05, 4.69) is 19.2 Å². The Labute approximate surface area is 115 Å². The molecule has 106 valence electrons. The molecule has 0 aliphatic heterocycles. The van der Waals surface area contributed by atoms with Gasteiger partial charge in [-0.1, -0.05) is 33.1 Å². The summed E-state index contributed by atoms with van der Waals surface area (Å²) < 4.78 is 0. The highest BCUT2D eigenvalue weighted by molar-refractivity contribution is 5.53. The van der Waals surface area contributed by atoms with Gasteiger partial charge in [-0.05, 0) is 31.9 Å². The number of unbranched alkanes of at least 4 members (excludes halogenated alkanes) is 1. The summed E-state index contributed by atoms with van der Waals surface area (Å²) in [5.74, 6) is 0. The Morgan fingerprint density at radius 2 is 2.00 bits per heavy atom. The molecule has 1 atom stereocenters. The van der Waals surface area contributed by atoms with Crippen molar-refractivity contribution < 1.29 is 4.92 Å². The summed E-state index contributed by atoms with van der Waals surface area (Å²) in [6.45, 7) is 6.16. The van der Waals surface area contributed by atoms with Crippen molar-refractivity contribution >= 4 is 11.4 Å². The van der Waals surface area contributed by atoms with Crippen molar-refractivity contribution in [2.45, 2.75) is 58.9 Å². The molecule has 0 spiro atoms. The number of hydrogen-bond donors (Lipinski definition) is 1. The molecule has 1 rings (SSSR count). The third-order valence-corrected chi connectivity index (χ3v) is 3.31. The van der Waals surface area contributed by atoms with Gasteiger partial charge in [0.05, 0.1) is 4.92 Å². The van der Waals surface area contributed by atoms with E-state index < -0.39 is 0 Å². The first-order chi connectivity index (χ1) is 9.08. The fourth-order valence-electron chi connectivity index (χ4n) is 2.27. The van der Waals surface area contributed by atoms with Gasteiger partial charge in [0.15, 0.2) is 0 Å². The summed E-state index contributed by atoms with van der Waals surface area (Å²) in [5.41, 5.74) is 1.88. The van der Waals surface area contributed by atoms with Gasteiger partial charge in [0.2, 0.25) is 0 Å². The van der Waals surface area contributed by atoms with Crippen molar-refractivity contribution in [3.63, 3.8) is 0 Å². The van der Waals surface area contributed by atoms with Crippen LogP contribution < -0.4 is 5.32 Å². The van der Waals surface area contributed by atoms with E-state index in [1.54, 1.807) is 19.1 Å². The molecule has 0 fully saturated rings. The highest BCUT2D eigenvalue weighted by Crippen LogP contribution is 2.23. The molecule has 0 heterocycles. The molecule has 1 aromatic carbocycles. The first-order valence-corrected chi connectivity index (χ1v) is 7.10. The molecule has 0 radical (unpaired) electrons. The van der Waals surface area contributed by atoms with Gasteiger partial charge < -0.3 is 5.32 Å². The van der Waals surface area contributed by atoms with Gasteiger partial charge in [-0.15, -0.1) is 0 Å². The van der Waals surface area contributed by atoms with Crippen molar-refractivity contribution in [1.29, 1.82) is 0 Å². The molecule has 0 bridgehead atoms. The summed E-state index contributed by atoms with van der Waals surface area (Å²) >= 11 is 0. The molecule has 1 N–H and O–H groups in total. The number of benzene rings is 1. The maximum Gasteiger partial charge on any atom is 0.272 e. The van der Waals surface area contributed by atoms with Crippen LogP contribution >= 0.6 is 0 Å². The summed E-state index contributed by atoms with van der Waals surface area (Å²) in [6.07, 6.45) is 5.84. The van der Waals surface area contributed by atoms with Gasteiger partial charge in [-0.25, -0.2) is 0 Å². The molecule has 0 saturated heterocycles. The van der Waals surface area contributed by atoms with Crippen LogP contribution in [0.15, 0.2) is 18.2 Å². The van der Waals surface area contributed by atoms with Gasteiger partial charge in [0.25, 0.3) is 5.69 Å². The van der Waals surface area contributed by atoms with Gasteiger partial charge in [0.1, 0.15) is 0 Å². The molecule has 19 heavy (non-hydrogen) atoms. The van der Waals surface area contributed by atoms with Crippen molar-refractivity contribution in [3.05, 3.63) is 33.9 Å². The van der Waals surface area contributed by atoms with Crippen molar-refractivity contribution in [2.24, 2.45) is 0 Å². The summed E-state index contributed by atoms with van der Waals surface area (Å²) in [7, 11) is 0. The molecule has 0 aliphatic carbocycles. The summed E-state index contributed by atoms with van der Waals surface area (Å²) in [5, 5.41) is 14.3. The molecular weight excluding hydrogens is 240 g/mol. The highest BCUT2D eigenvalue weighted by atomic mass is 16.6. The lowest BCUT2D eigenvalue weighted by molar-refractivity contribution is -0.385. The van der Waals surface area contributed by atoms with Crippen LogP contribution in [0.2, 0.25) is 0 Å². The zero-order valence-corrected chi connectivity index (χ0v) is 12.1. The zero-order chi connectivity index (χ0) is 14.3. The van der Waals surface area contributed by atoms with E-state index in [-0.39, 0.29) is 10.6 Å². The number of aryl methyl sites for hydroxylation is 1. The second-order valence-corrected chi connectivity index (χ2v) is 5.03. The van der Waals surface area contributed by atoms with Crippen LogP contribution in [-0.4, -0.2) is 11.0 Å². The predicted octanol–water partition coefficient (Wildman–Crippen LogP) is 4.67.